The van der Waals surface area contributed by atoms with Gasteiger partial charge in [0.25, 0.3) is 0 Å². The molecule has 9 aromatic carbocycles. The molecule has 0 aliphatic heterocycles. The van der Waals surface area contributed by atoms with Crippen LogP contribution in [0.1, 0.15) is 164 Å². The molecule has 0 bridgehead atoms. The van der Waals surface area contributed by atoms with Crippen LogP contribution in [0.15, 0.2) is 328 Å². The van der Waals surface area contributed by atoms with Crippen molar-refractivity contribution in [3.8, 4) is 112 Å². The summed E-state index contributed by atoms with van der Waals surface area (Å²) in [5.74, 6) is 0.625. The van der Waals surface area contributed by atoms with E-state index in [1.165, 1.54) is 95.3 Å². The molecular formula is C119H127Ir3N7Si3-6. The van der Waals surface area contributed by atoms with Crippen molar-refractivity contribution in [2.45, 2.75) is 184 Å². The molecule has 2 fully saturated rings. The molecule has 2 aliphatic rings. The van der Waals surface area contributed by atoms with Crippen molar-refractivity contribution < 1.29 is 86.4 Å². The molecule has 2 aliphatic carbocycles. The van der Waals surface area contributed by atoms with Crippen molar-refractivity contribution in [3.63, 3.8) is 0 Å². The molecule has 3 radical (unpaired) electrons. The van der Waals surface area contributed by atoms with Crippen LogP contribution < -0.4 is 15.6 Å². The van der Waals surface area contributed by atoms with E-state index in [1.54, 1.807) is 42.6 Å². The van der Waals surface area contributed by atoms with E-state index in [9.17, 15) is 0 Å². The predicted octanol–water partition coefficient (Wildman–Crippen LogP) is 29.6. The van der Waals surface area contributed by atoms with E-state index in [2.05, 4.69) is 188 Å². The van der Waals surface area contributed by atoms with E-state index < -0.39 is 65.2 Å². The fourth-order valence-corrected chi connectivity index (χ4v) is 20.0. The summed E-state index contributed by atoms with van der Waals surface area (Å²) in [7, 11) is -6.52. The second-order valence-electron chi connectivity index (χ2n) is 35.8. The van der Waals surface area contributed by atoms with Gasteiger partial charge in [-0.05, 0) is 183 Å². The number of aryl methyl sites for hydroxylation is 3. The van der Waals surface area contributed by atoms with Crippen LogP contribution in [0.5, 0.6) is 0 Å². The van der Waals surface area contributed by atoms with Crippen molar-refractivity contribution in [2.24, 2.45) is 11.3 Å². The van der Waals surface area contributed by atoms with E-state index in [-0.39, 0.29) is 95.2 Å². The van der Waals surface area contributed by atoms with Crippen molar-refractivity contribution >= 4 is 40.5 Å². The zero-order valence-electron chi connectivity index (χ0n) is 96.0. The molecule has 7 aromatic heterocycles. The van der Waals surface area contributed by atoms with Crippen LogP contribution >= 0.6 is 0 Å². The largest absolute Gasteiger partial charge is 0.305 e. The van der Waals surface area contributed by atoms with Gasteiger partial charge in [0, 0.05) is 134 Å². The first-order valence-corrected chi connectivity index (χ1v) is 53.6. The minimum absolute atomic E-state index is 0. The molecule has 0 saturated heterocycles. The number of benzene rings is 9. The van der Waals surface area contributed by atoms with E-state index in [0.717, 1.165) is 103 Å². The first-order chi connectivity index (χ1) is 70.0. The minimum Gasteiger partial charge on any atom is -0.305 e. The van der Waals surface area contributed by atoms with Crippen LogP contribution in [-0.4, -0.2) is 59.8 Å². The summed E-state index contributed by atoms with van der Waals surface area (Å²) in [6.07, 6.45) is 22.9. The fraction of sp³-hybridized carbons (Fsp3) is 0.252. The molecule has 0 N–H and O–H groups in total. The van der Waals surface area contributed by atoms with Crippen LogP contribution in [0.4, 0.5) is 0 Å². The van der Waals surface area contributed by atoms with E-state index in [4.69, 9.17) is 31.0 Å². The Morgan fingerprint density at radius 1 is 0.424 bits per heavy atom. The van der Waals surface area contributed by atoms with Gasteiger partial charge in [0.15, 0.2) is 0 Å². The van der Waals surface area contributed by atoms with Crippen molar-refractivity contribution in [3.05, 3.63) is 398 Å². The predicted molar refractivity (Wildman–Crippen MR) is 555 cm³/mol. The third kappa shape index (κ3) is 30.3. The van der Waals surface area contributed by atoms with Gasteiger partial charge >= 0.3 is 0 Å². The Bertz CT molecular complexity index is 6890. The molecule has 0 amide bonds. The molecule has 2 unspecified atom stereocenters. The average molecular weight is 2340 g/mol. The van der Waals surface area contributed by atoms with Crippen LogP contribution in [0, 0.1) is 68.3 Å². The molecule has 683 valence electrons. The van der Waals surface area contributed by atoms with Crippen molar-refractivity contribution in [1.29, 1.82) is 0 Å². The van der Waals surface area contributed by atoms with Gasteiger partial charge < -0.3 is 29.9 Å². The Morgan fingerprint density at radius 2 is 0.856 bits per heavy atom. The summed E-state index contributed by atoms with van der Waals surface area (Å²) in [5, 5.41) is 3.72. The zero-order chi connectivity index (χ0) is 107. The summed E-state index contributed by atoms with van der Waals surface area (Å²) >= 11 is 0. The molecule has 0 spiro atoms. The number of pyridine rings is 7. The second-order valence-corrected chi connectivity index (χ2v) is 47.9. The Labute approximate surface area is 861 Å². The molecule has 13 heteroatoms. The first-order valence-electron chi connectivity index (χ1n) is 54.0. The maximum absolute atomic E-state index is 8.99. The minimum atomic E-state index is -2.50. The van der Waals surface area contributed by atoms with Gasteiger partial charge in [0.2, 0.25) is 0 Å². The third-order valence-corrected chi connectivity index (χ3v) is 28.7. The van der Waals surface area contributed by atoms with Crippen LogP contribution in [0.2, 0.25) is 52.3 Å². The van der Waals surface area contributed by atoms with Gasteiger partial charge in [0.05, 0.1) is 24.9 Å². The molecule has 132 heavy (non-hydrogen) atoms. The summed E-state index contributed by atoms with van der Waals surface area (Å²) < 4.78 is 142. The molecule has 7 heterocycles. The summed E-state index contributed by atoms with van der Waals surface area (Å²) in [5.41, 5.74) is 21.8. The van der Waals surface area contributed by atoms with Crippen LogP contribution in [-0.2, 0) is 66.7 Å². The normalized spacial score (nSPS) is 15.5. The standard InChI is InChI=1S/C24H18N.C20H26NSi.C20H28NSi.C19H24NSi.C18H15N2.C17H12N.CH4.3Ir/c1-18-10-12-20(13-11-18)21-8-5-9-23(16-21)24-17-22(14-15-25-24)19-6-3-2-4-7-19;1-22(2)20-15-21-19(17-11-7-4-8-12-17)14-18(20)13-16-9-5-3-6-10-16;1-15(20(2,3)4)17-13-18(16-11-9-8-10-12-16)21-14-19(17)22(5,6)7;1-21(2,3)19-14-20-18(16-11-5-4-6-12-16)13-17(19)15-9-7-8-10-15;1-13-10-17(11-14(2)20-13)16-8-9-19-18(12-16)15-6-4-3-5-7-15;1-3-7-14(8-4-1)16-11-12-18-17(13-16)15-9-5-2-6-10-15;;;;/h2-8,10-17H,1H3;4,7-8,11,14-16,22H,3,5-6,9-10,13H2,1-2H3;8-11,13-15H,1-7H3;4-6,11,13-15H,7-10H2,1-3H3;3-6,8-12H,1-2H3;1-9,11-13H;1H4;;;/q6*-1;;;;/i2*1D3;8D,9D,10D;15D;1D3,2D3;;1D3;;;. The number of rotatable bonds is 17. The van der Waals surface area contributed by atoms with Crippen LogP contribution in [0.3, 0.4) is 0 Å². The number of hydrogen-bond acceptors (Lipinski definition) is 7. The maximum atomic E-state index is 8.99. The summed E-state index contributed by atoms with van der Waals surface area (Å²) in [4.78, 5) is 31.0. The zero-order valence-corrected chi connectivity index (χ0v) is 87.3. The maximum Gasteiger partial charge on any atom is 0.0799 e. The smallest absolute Gasteiger partial charge is 0.0799 e. The Kier molecular flexibility index (Phi) is 31.1. The van der Waals surface area contributed by atoms with Gasteiger partial charge in [-0.1, -0.05) is 276 Å². The number of hydrogen-bond donors (Lipinski definition) is 0. The number of aromatic nitrogens is 7. The Hall–Kier alpha value is -10.4. The van der Waals surface area contributed by atoms with Crippen LogP contribution in [0.25, 0.3) is 112 Å². The van der Waals surface area contributed by atoms with Gasteiger partial charge in [-0.15, -0.1) is 215 Å². The summed E-state index contributed by atoms with van der Waals surface area (Å²) in [6, 6.07) is 106. The Balaban J connectivity index is 0.000000199. The first kappa shape index (κ1) is 80.1. The molecule has 7 nitrogen and oxygen atoms in total. The monoisotopic (exact) mass is 2340 g/mol. The van der Waals surface area contributed by atoms with E-state index >= 15 is 0 Å². The second kappa shape index (κ2) is 51.2. The Morgan fingerprint density at radius 3 is 1.33 bits per heavy atom. The van der Waals surface area contributed by atoms with Crippen molar-refractivity contribution in [1.82, 2.24) is 34.9 Å². The third-order valence-electron chi connectivity index (χ3n) is 23.2. The fourth-order valence-electron chi connectivity index (χ4n) is 15.9. The quantitative estimate of drug-likeness (QED) is 0.0663. The average Bonchev–Trinajstić information content (AvgIpc) is 1.72. The van der Waals surface area contributed by atoms with Gasteiger partial charge in [-0.3, -0.25) is 4.98 Å². The molecule has 18 rings (SSSR count). The molecule has 16 aromatic rings. The number of nitrogens with zero attached hydrogens (tertiary/aromatic N) is 7. The summed E-state index contributed by atoms with van der Waals surface area (Å²) in [6.45, 7) is 16.0. The van der Waals surface area contributed by atoms with Gasteiger partial charge in [-0.25, -0.2) is 0 Å². The SMILES string of the molecule is [2H]C([2H])([2H])[SiH](C)c1cnc(-c2[c-]cccc2)cc1CC1CCCCC1.[2H]C([2H])([2H])c1cc(-c2ccnc(-c3[c-]cccc3)c2)cc(C([2H])([2H])[2H])n1.[2H]C([2H])([2H])c1ccc(-c2cc[c-]c(-c3cc(-c4ccccc4)ccn3)c2)cc1.[2H]C([2H])[2H].[2H]C1(c2cc(-c3[c-]cccc3)ncc2[Si](C)(C)C)CCCC1.[2H]c1[c-]c(-c2cc(C(C)C(C)(C)C)c([Si](C)(C)C)cn2)cc([2H])c1[2H].[Ir].[Ir].[Ir].[c-]1ccccc1-c1cc(-c2ccccc2)ccn1. The molecule has 2 atom stereocenters. The van der Waals surface area contributed by atoms with Gasteiger partial charge in [-0.2, -0.15) is 0 Å². The van der Waals surface area contributed by atoms with E-state index in [1.807, 2.05) is 207 Å². The van der Waals surface area contributed by atoms with Gasteiger partial charge in [0.1, 0.15) is 0 Å². The van der Waals surface area contributed by atoms with Crippen molar-refractivity contribution in [2.75, 3.05) is 0 Å². The van der Waals surface area contributed by atoms with E-state index in [0.29, 0.717) is 39.8 Å². The molecular weight excluding hydrogens is 2190 g/mol. The molecule has 2 saturated carbocycles. The topological polar surface area (TPSA) is 90.2 Å².